The zero-order valence-corrected chi connectivity index (χ0v) is 9.65. The number of nitrogens with two attached hydrogens (primary N) is 1. The monoisotopic (exact) mass is 264 g/mol. The van der Waals surface area contributed by atoms with E-state index in [0.717, 1.165) is 12.1 Å². The standard InChI is InChI=1S/C13H10F2N2O2/c14-8-4-2-5-9(15)11(8)17-13(19)7-3-1-6-10(16)12(7)18/h1-6,18H,16H2,(H,17,19). The smallest absolute Gasteiger partial charge is 0.259 e. The molecule has 98 valence electrons. The molecule has 0 bridgehead atoms. The second-order valence-electron chi connectivity index (χ2n) is 3.79. The van der Waals surface area contributed by atoms with E-state index in [4.69, 9.17) is 5.73 Å². The van der Waals surface area contributed by atoms with Crippen LogP contribution in [-0.2, 0) is 0 Å². The van der Waals surface area contributed by atoms with Gasteiger partial charge >= 0.3 is 0 Å². The van der Waals surface area contributed by atoms with E-state index >= 15 is 0 Å². The van der Waals surface area contributed by atoms with Gasteiger partial charge in [-0.3, -0.25) is 4.79 Å². The molecule has 0 aliphatic rings. The van der Waals surface area contributed by atoms with E-state index < -0.39 is 29.0 Å². The first kappa shape index (κ1) is 12.8. The van der Waals surface area contributed by atoms with E-state index in [2.05, 4.69) is 5.32 Å². The molecule has 0 heterocycles. The Kier molecular flexibility index (Phi) is 3.33. The maximum Gasteiger partial charge on any atom is 0.259 e. The van der Waals surface area contributed by atoms with Gasteiger partial charge in [-0.1, -0.05) is 12.1 Å². The summed E-state index contributed by atoms with van der Waals surface area (Å²) in [5.41, 5.74) is 4.70. The summed E-state index contributed by atoms with van der Waals surface area (Å²) in [4.78, 5) is 11.8. The first-order valence-corrected chi connectivity index (χ1v) is 5.33. The molecule has 4 N–H and O–H groups in total. The molecule has 1 amide bonds. The molecule has 0 saturated heterocycles. The maximum absolute atomic E-state index is 13.4. The van der Waals surface area contributed by atoms with Crippen molar-refractivity contribution in [3.05, 3.63) is 53.6 Å². The first-order valence-electron chi connectivity index (χ1n) is 5.33. The minimum atomic E-state index is -0.906. The van der Waals surface area contributed by atoms with Crippen molar-refractivity contribution in [2.45, 2.75) is 0 Å². The van der Waals surface area contributed by atoms with Crippen LogP contribution in [0.2, 0.25) is 0 Å². The molecule has 19 heavy (non-hydrogen) atoms. The highest BCUT2D eigenvalue weighted by Gasteiger charge is 2.16. The number of phenolic OH excluding ortho intramolecular Hbond substituents is 1. The van der Waals surface area contributed by atoms with E-state index in [1.165, 1.54) is 24.3 Å². The SMILES string of the molecule is Nc1cccc(C(=O)Nc2c(F)cccc2F)c1O. The molecule has 0 spiro atoms. The number of hydrogen-bond acceptors (Lipinski definition) is 3. The fourth-order valence-corrected chi connectivity index (χ4v) is 1.54. The largest absolute Gasteiger partial charge is 0.505 e. The van der Waals surface area contributed by atoms with Gasteiger partial charge in [-0.15, -0.1) is 0 Å². The van der Waals surface area contributed by atoms with Crippen LogP contribution in [0.15, 0.2) is 36.4 Å². The van der Waals surface area contributed by atoms with Crippen LogP contribution in [0.3, 0.4) is 0 Å². The van der Waals surface area contributed by atoms with Gasteiger partial charge in [-0.05, 0) is 24.3 Å². The van der Waals surface area contributed by atoms with E-state index in [1.54, 1.807) is 0 Å². The number of benzene rings is 2. The minimum Gasteiger partial charge on any atom is -0.505 e. The Morgan fingerprint density at radius 2 is 1.68 bits per heavy atom. The molecular weight excluding hydrogens is 254 g/mol. The normalized spacial score (nSPS) is 10.2. The zero-order chi connectivity index (χ0) is 14.0. The van der Waals surface area contributed by atoms with Crippen molar-refractivity contribution in [3.8, 4) is 5.75 Å². The lowest BCUT2D eigenvalue weighted by Crippen LogP contribution is -2.14. The van der Waals surface area contributed by atoms with Gasteiger partial charge in [0.2, 0.25) is 0 Å². The van der Waals surface area contributed by atoms with Crippen molar-refractivity contribution in [2.75, 3.05) is 11.1 Å². The fourth-order valence-electron chi connectivity index (χ4n) is 1.54. The number of rotatable bonds is 2. The molecule has 4 nitrogen and oxygen atoms in total. The molecule has 0 unspecified atom stereocenters. The van der Waals surface area contributed by atoms with Crippen molar-refractivity contribution in [1.82, 2.24) is 0 Å². The molecule has 0 fully saturated rings. The van der Waals surface area contributed by atoms with Gasteiger partial charge in [0.15, 0.2) is 5.75 Å². The van der Waals surface area contributed by atoms with Crippen LogP contribution < -0.4 is 11.1 Å². The third-order valence-electron chi connectivity index (χ3n) is 2.51. The van der Waals surface area contributed by atoms with Gasteiger partial charge in [0, 0.05) is 0 Å². The predicted octanol–water partition coefficient (Wildman–Crippen LogP) is 2.50. The average molecular weight is 264 g/mol. The zero-order valence-electron chi connectivity index (χ0n) is 9.65. The third-order valence-corrected chi connectivity index (χ3v) is 2.51. The van der Waals surface area contributed by atoms with Gasteiger partial charge in [0.1, 0.15) is 17.3 Å². The minimum absolute atomic E-state index is 0.00153. The summed E-state index contributed by atoms with van der Waals surface area (Å²) >= 11 is 0. The van der Waals surface area contributed by atoms with Crippen LogP contribution in [0.4, 0.5) is 20.2 Å². The lowest BCUT2D eigenvalue weighted by Gasteiger charge is -2.09. The molecule has 2 rings (SSSR count). The lowest BCUT2D eigenvalue weighted by molar-refractivity contribution is 0.102. The number of amides is 1. The molecule has 0 aliphatic heterocycles. The summed E-state index contributed by atoms with van der Waals surface area (Å²) in [6.45, 7) is 0. The van der Waals surface area contributed by atoms with E-state index in [0.29, 0.717) is 0 Å². The molecule has 6 heteroatoms. The Bertz CT molecular complexity index is 624. The van der Waals surface area contributed by atoms with Crippen LogP contribution in [0, 0.1) is 11.6 Å². The molecule has 0 aromatic heterocycles. The van der Waals surface area contributed by atoms with Crippen LogP contribution in [0.1, 0.15) is 10.4 Å². The van der Waals surface area contributed by atoms with Gasteiger partial charge in [-0.25, -0.2) is 8.78 Å². The first-order chi connectivity index (χ1) is 9.00. The Labute approximate surface area is 107 Å². The highest BCUT2D eigenvalue weighted by Crippen LogP contribution is 2.26. The summed E-state index contributed by atoms with van der Waals surface area (Å²) in [6, 6.07) is 7.34. The summed E-state index contributed by atoms with van der Waals surface area (Å²) in [6.07, 6.45) is 0. The Morgan fingerprint density at radius 1 is 1.11 bits per heavy atom. The molecule has 0 saturated carbocycles. The van der Waals surface area contributed by atoms with Crippen LogP contribution in [0.5, 0.6) is 5.75 Å². The summed E-state index contributed by atoms with van der Waals surface area (Å²) in [7, 11) is 0. The molecule has 2 aromatic rings. The maximum atomic E-state index is 13.4. The summed E-state index contributed by atoms with van der Waals surface area (Å²) in [5.74, 6) is -3.10. The second-order valence-corrected chi connectivity index (χ2v) is 3.79. The predicted molar refractivity (Wildman–Crippen MR) is 66.8 cm³/mol. The number of nitrogen functional groups attached to an aromatic ring is 1. The number of hydrogen-bond donors (Lipinski definition) is 3. The number of carbonyl (C=O) groups is 1. The number of anilines is 2. The highest BCUT2D eigenvalue weighted by molar-refractivity contribution is 6.07. The van der Waals surface area contributed by atoms with Crippen molar-refractivity contribution in [1.29, 1.82) is 0 Å². The number of carbonyl (C=O) groups excluding carboxylic acids is 1. The lowest BCUT2D eigenvalue weighted by atomic mass is 10.1. The van der Waals surface area contributed by atoms with Gasteiger partial charge in [-0.2, -0.15) is 0 Å². The number of phenols is 1. The second kappa shape index (κ2) is 4.93. The van der Waals surface area contributed by atoms with Crippen molar-refractivity contribution in [3.63, 3.8) is 0 Å². The third kappa shape index (κ3) is 2.47. The number of aromatic hydroxyl groups is 1. The van der Waals surface area contributed by atoms with Crippen molar-refractivity contribution < 1.29 is 18.7 Å². The summed E-state index contributed by atoms with van der Waals surface area (Å²) < 4.78 is 26.7. The number of halogens is 2. The molecule has 0 radical (unpaired) electrons. The van der Waals surface area contributed by atoms with Gasteiger partial charge in [0.25, 0.3) is 5.91 Å². The van der Waals surface area contributed by atoms with Crippen molar-refractivity contribution >= 4 is 17.3 Å². The molecule has 2 aromatic carbocycles. The topological polar surface area (TPSA) is 75.4 Å². The number of para-hydroxylation sites is 2. The molecular formula is C13H10F2N2O2. The Hall–Kier alpha value is -2.63. The molecule has 0 atom stereocenters. The molecule has 0 aliphatic carbocycles. The van der Waals surface area contributed by atoms with E-state index in [1.807, 2.05) is 0 Å². The van der Waals surface area contributed by atoms with Gasteiger partial charge < -0.3 is 16.2 Å². The Balaban J connectivity index is 2.34. The van der Waals surface area contributed by atoms with Gasteiger partial charge in [0.05, 0.1) is 11.3 Å². The number of nitrogens with one attached hydrogen (secondary N) is 1. The average Bonchev–Trinajstić information content (AvgIpc) is 2.37. The highest BCUT2D eigenvalue weighted by atomic mass is 19.1. The van der Waals surface area contributed by atoms with Crippen molar-refractivity contribution in [2.24, 2.45) is 0 Å². The fraction of sp³-hybridized carbons (Fsp3) is 0. The summed E-state index contributed by atoms with van der Waals surface area (Å²) in [5, 5.41) is 11.7. The van der Waals surface area contributed by atoms with Crippen LogP contribution in [0.25, 0.3) is 0 Å². The van der Waals surface area contributed by atoms with E-state index in [9.17, 15) is 18.7 Å². The van der Waals surface area contributed by atoms with E-state index in [-0.39, 0.29) is 11.3 Å². The Morgan fingerprint density at radius 3 is 2.32 bits per heavy atom. The van der Waals surface area contributed by atoms with Crippen LogP contribution in [-0.4, -0.2) is 11.0 Å². The quantitative estimate of drug-likeness (QED) is 0.576. The van der Waals surface area contributed by atoms with Crippen LogP contribution >= 0.6 is 0 Å².